The molecule has 0 aromatic heterocycles. The number of carbonyl (C=O) groups is 3. The van der Waals surface area contributed by atoms with Crippen LogP contribution in [0.1, 0.15) is 33.6 Å². The number of aliphatic imine (C=N–C) groups is 2. The molecule has 3 rings (SSSR count). The van der Waals surface area contributed by atoms with Gasteiger partial charge < -0.3 is 0 Å². The van der Waals surface area contributed by atoms with E-state index in [4.69, 9.17) is 0 Å². The summed E-state index contributed by atoms with van der Waals surface area (Å²) < 4.78 is 0. The molecular weight excluding hydrogens is 304 g/mol. The summed E-state index contributed by atoms with van der Waals surface area (Å²) in [5, 5.41) is 0. The number of carbonyl (C=O) groups excluding carboxylic acids is 3. The lowest BCUT2D eigenvalue weighted by molar-refractivity contribution is -0.115. The van der Waals surface area contributed by atoms with Crippen LogP contribution in [0, 0.1) is 0 Å². The predicted octanol–water partition coefficient (Wildman–Crippen LogP) is 2.98. The van der Waals surface area contributed by atoms with Crippen molar-refractivity contribution in [1.82, 2.24) is 0 Å². The van der Waals surface area contributed by atoms with E-state index < -0.39 is 0 Å². The van der Waals surface area contributed by atoms with Gasteiger partial charge in [-0.3, -0.25) is 24.4 Å². The second-order valence-electron chi connectivity index (χ2n) is 5.39. The molecular formula is C19H22N2O3. The maximum absolute atomic E-state index is 10.7. The van der Waals surface area contributed by atoms with Crippen LogP contribution in [0.2, 0.25) is 0 Å². The first-order valence-corrected chi connectivity index (χ1v) is 7.71. The Kier molecular flexibility index (Phi) is 8.19. The van der Waals surface area contributed by atoms with Gasteiger partial charge in [0, 0.05) is 25.3 Å². The highest BCUT2D eigenvalue weighted by atomic mass is 16.1. The molecule has 0 bridgehead atoms. The van der Waals surface area contributed by atoms with Gasteiger partial charge in [0.15, 0.2) is 17.3 Å². The molecule has 0 saturated carbocycles. The zero-order valence-corrected chi connectivity index (χ0v) is 14.3. The summed E-state index contributed by atoms with van der Waals surface area (Å²) in [7, 11) is 0. The molecule has 0 saturated heterocycles. The zero-order valence-electron chi connectivity index (χ0n) is 14.3. The maximum Gasteiger partial charge on any atom is 0.180 e. The van der Waals surface area contributed by atoms with Gasteiger partial charge in [0.1, 0.15) is 6.54 Å². The lowest BCUT2D eigenvalue weighted by Crippen LogP contribution is -2.09. The Hall–Kier alpha value is -2.69. The van der Waals surface area contributed by atoms with Gasteiger partial charge in [-0.05, 0) is 38.0 Å². The summed E-state index contributed by atoms with van der Waals surface area (Å²) >= 11 is 0. The minimum atomic E-state index is 0.132. The molecule has 0 atom stereocenters. The third-order valence-corrected chi connectivity index (χ3v) is 3.41. The Bertz CT molecular complexity index is 594. The number of allylic oxidation sites excluding steroid dienone is 6. The van der Waals surface area contributed by atoms with Crippen LogP contribution in [0.4, 0.5) is 0 Å². The quantitative estimate of drug-likeness (QED) is 0.686. The van der Waals surface area contributed by atoms with Gasteiger partial charge in [-0.2, -0.15) is 0 Å². The van der Waals surface area contributed by atoms with Crippen molar-refractivity contribution < 1.29 is 14.4 Å². The van der Waals surface area contributed by atoms with Crippen molar-refractivity contribution in [2.75, 3.05) is 6.54 Å². The molecule has 0 aromatic carbocycles. The van der Waals surface area contributed by atoms with Crippen LogP contribution in [0.5, 0.6) is 0 Å². The van der Waals surface area contributed by atoms with Crippen LogP contribution in [0.15, 0.2) is 57.7 Å². The molecule has 0 fully saturated rings. The zero-order chi connectivity index (χ0) is 17.9. The molecule has 0 N–H and O–H groups in total. The Labute approximate surface area is 142 Å². The van der Waals surface area contributed by atoms with E-state index in [1.807, 2.05) is 25.2 Å². The van der Waals surface area contributed by atoms with Crippen molar-refractivity contribution >= 4 is 29.3 Å². The van der Waals surface area contributed by atoms with E-state index in [-0.39, 0.29) is 17.3 Å². The van der Waals surface area contributed by atoms with Gasteiger partial charge >= 0.3 is 0 Å². The summed E-state index contributed by atoms with van der Waals surface area (Å²) in [5.74, 6) is 0.507. The van der Waals surface area contributed by atoms with Gasteiger partial charge in [0.25, 0.3) is 0 Å². The summed E-state index contributed by atoms with van der Waals surface area (Å²) in [4.78, 5) is 39.5. The van der Waals surface area contributed by atoms with Crippen LogP contribution in [-0.4, -0.2) is 35.8 Å². The van der Waals surface area contributed by atoms with Crippen LogP contribution < -0.4 is 0 Å². The number of ketones is 3. The number of hydrogen-bond donors (Lipinski definition) is 0. The van der Waals surface area contributed by atoms with Crippen molar-refractivity contribution in [2.24, 2.45) is 9.98 Å². The topological polar surface area (TPSA) is 75.9 Å². The van der Waals surface area contributed by atoms with Crippen molar-refractivity contribution in [2.45, 2.75) is 33.6 Å². The van der Waals surface area contributed by atoms with E-state index in [9.17, 15) is 14.4 Å². The molecule has 5 heteroatoms. The molecule has 2 heterocycles. The van der Waals surface area contributed by atoms with Gasteiger partial charge in [-0.1, -0.05) is 24.3 Å². The van der Waals surface area contributed by atoms with E-state index in [2.05, 4.69) is 9.98 Å². The standard InChI is InChI=1S/C7H8O.2C6H7NO/c1-6-4-2-3-5-7(6)8;1-5-2-3-7-4-6(5)8;1-5-6(8)3-2-4-7-5/h2-4H,5H2,1H3;2-3H,4H2,1H3;2,4H,3H2,1H3. The minimum Gasteiger partial charge on any atom is -0.294 e. The summed E-state index contributed by atoms with van der Waals surface area (Å²) in [5.41, 5.74) is 2.29. The molecule has 2 aliphatic heterocycles. The first-order chi connectivity index (χ1) is 11.4. The molecule has 0 unspecified atom stereocenters. The molecule has 24 heavy (non-hydrogen) atoms. The van der Waals surface area contributed by atoms with Crippen LogP contribution in [0.3, 0.4) is 0 Å². The minimum absolute atomic E-state index is 0.132. The number of hydrogen-bond acceptors (Lipinski definition) is 5. The molecule has 5 nitrogen and oxygen atoms in total. The fraction of sp³-hybridized carbons (Fsp3) is 0.316. The van der Waals surface area contributed by atoms with E-state index >= 15 is 0 Å². The Balaban J connectivity index is 0.000000180. The lowest BCUT2D eigenvalue weighted by atomic mass is 10.1. The van der Waals surface area contributed by atoms with Crippen molar-refractivity contribution in [1.29, 1.82) is 0 Å². The van der Waals surface area contributed by atoms with Gasteiger partial charge in [0.2, 0.25) is 0 Å². The molecule has 1 aliphatic carbocycles. The summed E-state index contributed by atoms with van der Waals surface area (Å²) in [6.07, 6.45) is 13.5. The van der Waals surface area contributed by atoms with E-state index in [0.717, 1.165) is 11.1 Å². The SMILES string of the molecule is CC1=CC=CCC1=O.CC1=CC=NCC1=O.CC1=NC=CCC1=O. The highest BCUT2D eigenvalue weighted by Crippen LogP contribution is 2.05. The van der Waals surface area contributed by atoms with E-state index in [1.165, 1.54) is 0 Å². The smallest absolute Gasteiger partial charge is 0.180 e. The largest absolute Gasteiger partial charge is 0.294 e. The normalized spacial score (nSPS) is 18.6. The number of nitrogens with zero attached hydrogens (tertiary/aromatic N) is 2. The number of Topliss-reactive ketones (excluding diaryl/α,β-unsaturated/α-hetero) is 3. The first-order valence-electron chi connectivity index (χ1n) is 7.71. The van der Waals surface area contributed by atoms with Gasteiger partial charge in [-0.25, -0.2) is 0 Å². The molecule has 126 valence electrons. The maximum atomic E-state index is 10.7. The molecule has 0 aromatic rings. The van der Waals surface area contributed by atoms with Crippen molar-refractivity contribution in [3.05, 3.63) is 47.7 Å². The van der Waals surface area contributed by atoms with E-state index in [0.29, 0.717) is 25.1 Å². The average molecular weight is 326 g/mol. The summed E-state index contributed by atoms with van der Waals surface area (Å²) in [6, 6.07) is 0. The monoisotopic (exact) mass is 326 g/mol. The average Bonchev–Trinajstić information content (AvgIpc) is 2.57. The molecule has 0 spiro atoms. The predicted molar refractivity (Wildman–Crippen MR) is 96.5 cm³/mol. The van der Waals surface area contributed by atoms with Gasteiger partial charge in [-0.15, -0.1) is 0 Å². The fourth-order valence-electron chi connectivity index (χ4n) is 1.70. The number of dihydropyridines is 1. The highest BCUT2D eigenvalue weighted by molar-refractivity contribution is 6.39. The third-order valence-electron chi connectivity index (χ3n) is 3.41. The van der Waals surface area contributed by atoms with Crippen molar-refractivity contribution in [3.63, 3.8) is 0 Å². The molecule has 0 radical (unpaired) electrons. The Morgan fingerprint density at radius 3 is 1.88 bits per heavy atom. The first kappa shape index (κ1) is 19.4. The Morgan fingerprint density at radius 2 is 1.50 bits per heavy atom. The molecule has 0 amide bonds. The second kappa shape index (κ2) is 10.2. The number of rotatable bonds is 0. The molecule has 3 aliphatic rings. The summed E-state index contributed by atoms with van der Waals surface area (Å²) in [6.45, 7) is 5.70. The Morgan fingerprint density at radius 1 is 0.833 bits per heavy atom. The fourth-order valence-corrected chi connectivity index (χ4v) is 1.70. The van der Waals surface area contributed by atoms with Gasteiger partial charge in [0.05, 0.1) is 5.71 Å². The second-order valence-corrected chi connectivity index (χ2v) is 5.39. The van der Waals surface area contributed by atoms with Crippen LogP contribution >= 0.6 is 0 Å². The highest BCUT2D eigenvalue weighted by Gasteiger charge is 2.05. The third kappa shape index (κ3) is 7.05. The van der Waals surface area contributed by atoms with Crippen LogP contribution in [0.25, 0.3) is 0 Å². The van der Waals surface area contributed by atoms with E-state index in [1.54, 1.807) is 38.4 Å². The van der Waals surface area contributed by atoms with Crippen molar-refractivity contribution in [3.8, 4) is 0 Å². The van der Waals surface area contributed by atoms with Crippen LogP contribution in [-0.2, 0) is 14.4 Å². The lowest BCUT2D eigenvalue weighted by Gasteiger charge is -1.98.